The molecule has 0 aliphatic carbocycles. The highest BCUT2D eigenvalue weighted by molar-refractivity contribution is 7.56. The zero-order valence-corrected chi connectivity index (χ0v) is 35.9. The number of carbonyl (C=O) groups is 1. The van der Waals surface area contributed by atoms with E-state index in [2.05, 4.69) is 41.8 Å². The summed E-state index contributed by atoms with van der Waals surface area (Å²) >= 11 is 0. The zero-order chi connectivity index (χ0) is 45.9. The van der Waals surface area contributed by atoms with Crippen molar-refractivity contribution in [3.63, 3.8) is 0 Å². The number of ether oxygens (including phenoxy) is 2. The number of aromatic nitrogens is 8. The normalized spacial score (nSPS) is 27.4. The molecule has 22 nitrogen and oxygen atoms in total. The Labute approximate surface area is 362 Å². The number of alkyl halides is 2. The lowest BCUT2D eigenvalue weighted by Gasteiger charge is -2.39. The summed E-state index contributed by atoms with van der Waals surface area (Å²) in [6, 6.07) is 11.9. The van der Waals surface area contributed by atoms with E-state index in [9.17, 15) is 25.2 Å². The van der Waals surface area contributed by atoms with Gasteiger partial charge in [0.1, 0.15) is 28.8 Å². The number of nitrogens with zero attached hydrogens (tertiary/aromatic N) is 9. The Kier molecular flexibility index (Phi) is 13.6. The van der Waals surface area contributed by atoms with Crippen molar-refractivity contribution >= 4 is 49.2 Å². The van der Waals surface area contributed by atoms with Crippen LogP contribution in [0.1, 0.15) is 49.5 Å². The van der Waals surface area contributed by atoms with Crippen molar-refractivity contribution in [3.05, 3.63) is 84.2 Å². The third kappa shape index (κ3) is 7.95. The lowest BCUT2D eigenvalue weighted by Crippen LogP contribution is -2.48. The van der Waals surface area contributed by atoms with Crippen LogP contribution in [-0.2, 0) is 36.7 Å². The highest BCUT2D eigenvalue weighted by atomic mass is 31.2. The van der Waals surface area contributed by atoms with E-state index in [4.69, 9.17) is 27.6 Å². The fourth-order valence-corrected chi connectivity index (χ4v) is 11.9. The van der Waals surface area contributed by atoms with Crippen LogP contribution in [0.3, 0.4) is 0 Å². The molecule has 6 unspecified atom stereocenters. The van der Waals surface area contributed by atoms with Crippen LogP contribution in [0.15, 0.2) is 73.1 Å². The summed E-state index contributed by atoms with van der Waals surface area (Å²) < 4.78 is 103. The average molecular weight is 928 g/mol. The number of carbonyl (C=O) groups excluding carboxylic acids is 1. The summed E-state index contributed by atoms with van der Waals surface area (Å²) in [5.74, 6) is -0.576. The van der Waals surface area contributed by atoms with Gasteiger partial charge >= 0.3 is 15.2 Å². The predicted octanol–water partition coefficient (Wildman–Crippen LogP) is 4.66. The van der Waals surface area contributed by atoms with Gasteiger partial charge in [-0.2, -0.15) is 10.5 Å². The SMILES string of the molecule is C=CCOP(=O)(OCCC#N)[C@@]1(C)C(COP(=O)(OCCC#N)[C@@]2(C)C(CO)OC(n3cnc4c(=O)[nH]cnc43)[C@@H]2F)OC(n2cnc3c(NC(=O)c4ccccc4)ncnc32)[C@@H]1F. The number of anilines is 1. The maximum atomic E-state index is 17.7. The number of nitrogens with one attached hydrogen (secondary N) is 2. The molecule has 7 rings (SSSR count). The molecule has 6 heterocycles. The standard InChI is InChI=1S/C38H41F2N11O11P2/c1-4-14-57-63(55,58-15-8-12-41)38(3)25(62-36(29(38)40)50-21-47-26-30(43-19-44-31(26)50)49-33(53)23-10-6-5-7-11-23)18-60-64(56,59-16-9-13-42)37(2)24(17-52)61-35(28(37)39)51-22-48-27-32(51)45-20-46-34(27)54/h4-7,10-11,19-22,24-25,28-29,35-36,52H,1,8-9,14-18H2,2-3H3,(H,45,46,54)(H,43,44,49,53)/t24?,25?,28-,29-,35?,36?,37-,38-,63?,64?/m0/s1. The minimum Gasteiger partial charge on any atom is -0.394 e. The summed E-state index contributed by atoms with van der Waals surface area (Å²) in [6.07, 6.45) is -6.77. The van der Waals surface area contributed by atoms with Gasteiger partial charge in [0, 0.05) is 5.56 Å². The highest BCUT2D eigenvalue weighted by Gasteiger charge is 2.70. The van der Waals surface area contributed by atoms with Crippen molar-refractivity contribution in [2.75, 3.05) is 38.4 Å². The summed E-state index contributed by atoms with van der Waals surface area (Å²) in [5, 5.41) is 27.1. The fourth-order valence-electron chi connectivity index (χ4n) is 7.50. The number of fused-ring (bicyclic) bond motifs is 2. The molecular formula is C38H41F2N11O11P2. The molecule has 2 aliphatic rings. The molecule has 10 atom stereocenters. The largest absolute Gasteiger partial charge is 0.394 e. The van der Waals surface area contributed by atoms with Gasteiger partial charge in [-0.25, -0.2) is 33.7 Å². The molecule has 64 heavy (non-hydrogen) atoms. The van der Waals surface area contributed by atoms with Gasteiger partial charge in [0.15, 0.2) is 52.9 Å². The Morgan fingerprint density at radius 3 is 2.09 bits per heavy atom. The Bertz CT molecular complexity index is 2770. The molecule has 2 fully saturated rings. The Morgan fingerprint density at radius 1 is 0.906 bits per heavy atom. The van der Waals surface area contributed by atoms with Gasteiger partial charge in [-0.1, -0.05) is 24.3 Å². The first-order chi connectivity index (χ1) is 30.7. The summed E-state index contributed by atoms with van der Waals surface area (Å²) in [7, 11) is -9.92. The van der Waals surface area contributed by atoms with Gasteiger partial charge in [0.2, 0.25) is 0 Å². The van der Waals surface area contributed by atoms with Crippen molar-refractivity contribution in [3.8, 4) is 12.1 Å². The molecule has 5 aromatic rings. The maximum Gasteiger partial charge on any atom is 0.342 e. The molecule has 4 aromatic heterocycles. The number of hydrogen-bond acceptors (Lipinski definition) is 18. The number of H-pyrrole nitrogens is 1. The van der Waals surface area contributed by atoms with Crippen molar-refractivity contribution in [2.24, 2.45) is 0 Å². The molecule has 1 aromatic carbocycles. The van der Waals surface area contributed by atoms with E-state index in [0.717, 1.165) is 48.3 Å². The first kappa shape index (κ1) is 46.3. The van der Waals surface area contributed by atoms with Gasteiger partial charge in [-0.3, -0.25) is 27.9 Å². The molecule has 0 spiro atoms. The van der Waals surface area contributed by atoms with Crippen molar-refractivity contribution in [1.82, 2.24) is 39.0 Å². The van der Waals surface area contributed by atoms with Gasteiger partial charge in [-0.05, 0) is 26.0 Å². The predicted molar refractivity (Wildman–Crippen MR) is 219 cm³/mol. The second kappa shape index (κ2) is 18.8. The second-order valence-electron chi connectivity index (χ2n) is 14.7. The number of aliphatic hydroxyl groups is 1. The topological polar surface area (TPSA) is 294 Å². The highest BCUT2D eigenvalue weighted by Crippen LogP contribution is 2.71. The number of nitriles is 2. The van der Waals surface area contributed by atoms with E-state index >= 15 is 17.9 Å². The smallest absolute Gasteiger partial charge is 0.342 e. The van der Waals surface area contributed by atoms with Gasteiger partial charge in [-0.15, -0.1) is 6.58 Å². The van der Waals surface area contributed by atoms with E-state index in [1.165, 1.54) is 6.08 Å². The monoisotopic (exact) mass is 927 g/mol. The van der Waals surface area contributed by atoms with Crippen LogP contribution in [0, 0.1) is 22.7 Å². The van der Waals surface area contributed by atoms with Gasteiger partial charge in [0.25, 0.3) is 11.5 Å². The van der Waals surface area contributed by atoms with Gasteiger partial charge < -0.3 is 43.0 Å². The quantitative estimate of drug-likeness (QED) is 0.0576. The van der Waals surface area contributed by atoms with Crippen LogP contribution in [0.5, 0.6) is 0 Å². The third-order valence-corrected chi connectivity index (χ3v) is 16.6. The molecule has 0 radical (unpaired) electrons. The third-order valence-electron chi connectivity index (χ3n) is 11.1. The minimum absolute atomic E-state index is 0.00830. The van der Waals surface area contributed by atoms with Crippen molar-refractivity contribution < 1.29 is 55.4 Å². The fraction of sp³-hybridized carbons (Fsp3) is 0.447. The molecule has 1 amide bonds. The number of benzene rings is 1. The van der Waals surface area contributed by atoms with E-state index in [-0.39, 0.29) is 41.0 Å². The van der Waals surface area contributed by atoms with Crippen LogP contribution < -0.4 is 10.9 Å². The van der Waals surface area contributed by atoms with Crippen molar-refractivity contribution in [1.29, 1.82) is 10.5 Å². The molecule has 2 aliphatic heterocycles. The van der Waals surface area contributed by atoms with Crippen LogP contribution in [0.4, 0.5) is 14.6 Å². The van der Waals surface area contributed by atoms with E-state index in [0.29, 0.717) is 5.56 Å². The average Bonchev–Trinajstić information content (AvgIpc) is 4.06. The van der Waals surface area contributed by atoms with Crippen molar-refractivity contribution in [2.45, 2.75) is 74.0 Å². The van der Waals surface area contributed by atoms with Crippen LogP contribution in [-0.4, -0.2) is 118 Å². The Morgan fingerprint density at radius 2 is 1.48 bits per heavy atom. The molecule has 2 saturated heterocycles. The molecule has 0 bridgehead atoms. The summed E-state index contributed by atoms with van der Waals surface area (Å²) in [5.41, 5.74) is -0.664. The first-order valence-electron chi connectivity index (χ1n) is 19.5. The van der Waals surface area contributed by atoms with Crippen LogP contribution in [0.25, 0.3) is 22.3 Å². The van der Waals surface area contributed by atoms with Crippen LogP contribution >= 0.6 is 15.2 Å². The van der Waals surface area contributed by atoms with Crippen LogP contribution in [0.2, 0.25) is 0 Å². The number of aromatic amines is 1. The number of aliphatic hydroxyl groups excluding tert-OH is 1. The number of imidazole rings is 2. The number of amides is 1. The zero-order valence-electron chi connectivity index (χ0n) is 34.1. The maximum absolute atomic E-state index is 17.7. The lowest BCUT2D eigenvalue weighted by molar-refractivity contribution is -0.0417. The molecule has 338 valence electrons. The first-order valence-corrected chi connectivity index (χ1v) is 22.6. The van der Waals surface area contributed by atoms with Gasteiger partial charge in [0.05, 0.1) is 77.0 Å². The lowest BCUT2D eigenvalue weighted by atomic mass is 10.0. The van der Waals surface area contributed by atoms with E-state index in [1.54, 1.807) is 30.3 Å². The number of rotatable bonds is 19. The summed E-state index contributed by atoms with van der Waals surface area (Å²) in [6.45, 7) is 2.41. The molecule has 3 N–H and O–H groups in total. The number of hydrogen-bond donors (Lipinski definition) is 3. The number of halogens is 2. The Balaban J connectivity index is 1.28. The molecular weight excluding hydrogens is 886 g/mol. The Hall–Kier alpha value is -5.65. The molecule has 26 heteroatoms. The minimum atomic E-state index is -5.09. The van der Waals surface area contributed by atoms with E-state index in [1.807, 2.05) is 12.1 Å². The second-order valence-corrected chi connectivity index (χ2v) is 19.7. The summed E-state index contributed by atoms with van der Waals surface area (Å²) in [4.78, 5) is 48.6. The molecule has 0 saturated carbocycles. The van der Waals surface area contributed by atoms with E-state index < -0.39 is 107 Å².